The fraction of sp³-hybridized carbons (Fsp3) is 0.652. The van der Waals surface area contributed by atoms with Crippen molar-refractivity contribution in [2.75, 3.05) is 19.7 Å². The molecule has 2 aliphatic rings. The fourth-order valence-corrected chi connectivity index (χ4v) is 3.84. The molecule has 2 aliphatic heterocycles. The van der Waals surface area contributed by atoms with Gasteiger partial charge in [-0.25, -0.2) is 18.0 Å². The highest BCUT2D eigenvalue weighted by molar-refractivity contribution is 5.76. The second-order valence-corrected chi connectivity index (χ2v) is 10.0. The molecule has 0 bridgehead atoms. The fourth-order valence-electron chi connectivity index (χ4n) is 3.84. The van der Waals surface area contributed by atoms with Crippen LogP contribution in [-0.2, 0) is 25.7 Å². The lowest BCUT2D eigenvalue weighted by molar-refractivity contribution is -0.197. The van der Waals surface area contributed by atoms with Crippen molar-refractivity contribution in [1.29, 1.82) is 0 Å². The van der Waals surface area contributed by atoms with Crippen LogP contribution in [0.5, 0.6) is 0 Å². The van der Waals surface area contributed by atoms with Crippen molar-refractivity contribution in [2.45, 2.75) is 71.0 Å². The summed E-state index contributed by atoms with van der Waals surface area (Å²) in [7, 11) is 0. The number of hydrogen-bond acceptors (Lipinski definition) is 6. The maximum absolute atomic E-state index is 15.2. The second kappa shape index (κ2) is 9.13. The molecule has 3 atom stereocenters. The van der Waals surface area contributed by atoms with E-state index in [1.807, 2.05) is 6.07 Å². The SMILES string of the molecule is CC(C)(C)OC(=O)N1CC(F)(F)C2C1CON2C[C@@H](F)C(C)(C)C(=O)OCc1ccccc1. The molecule has 0 saturated carbocycles. The van der Waals surface area contributed by atoms with E-state index >= 15 is 4.39 Å². The zero-order valence-corrected chi connectivity index (χ0v) is 19.5. The van der Waals surface area contributed by atoms with Gasteiger partial charge in [0.1, 0.15) is 24.4 Å². The summed E-state index contributed by atoms with van der Waals surface area (Å²) in [6.45, 7) is 5.97. The number of rotatable bonds is 6. The molecule has 184 valence electrons. The van der Waals surface area contributed by atoms with Crippen molar-refractivity contribution < 1.29 is 37.1 Å². The van der Waals surface area contributed by atoms with Crippen LogP contribution in [0.2, 0.25) is 0 Å². The van der Waals surface area contributed by atoms with E-state index in [0.29, 0.717) is 0 Å². The van der Waals surface area contributed by atoms with Gasteiger partial charge in [0.15, 0.2) is 0 Å². The lowest BCUT2D eigenvalue weighted by atomic mass is 9.87. The minimum atomic E-state index is -3.34. The Bertz CT molecular complexity index is 859. The molecule has 1 amide bonds. The molecule has 0 N–H and O–H groups in total. The van der Waals surface area contributed by atoms with E-state index in [0.717, 1.165) is 15.5 Å². The maximum atomic E-state index is 15.2. The first-order valence-corrected chi connectivity index (χ1v) is 10.8. The van der Waals surface area contributed by atoms with Gasteiger partial charge in [0.05, 0.1) is 31.2 Å². The normalized spacial score (nSPS) is 23.8. The van der Waals surface area contributed by atoms with Crippen molar-refractivity contribution in [2.24, 2.45) is 5.41 Å². The van der Waals surface area contributed by atoms with Gasteiger partial charge < -0.3 is 9.47 Å². The molecule has 2 heterocycles. The van der Waals surface area contributed by atoms with Crippen LogP contribution >= 0.6 is 0 Å². The molecule has 2 saturated heterocycles. The van der Waals surface area contributed by atoms with Gasteiger partial charge in [-0.15, -0.1) is 0 Å². The van der Waals surface area contributed by atoms with E-state index in [-0.39, 0.29) is 13.2 Å². The van der Waals surface area contributed by atoms with E-state index in [1.54, 1.807) is 45.0 Å². The first-order valence-electron chi connectivity index (χ1n) is 10.8. The number of nitrogens with zero attached hydrogens (tertiary/aromatic N) is 2. The largest absolute Gasteiger partial charge is 0.460 e. The van der Waals surface area contributed by atoms with Crippen molar-refractivity contribution in [3.05, 3.63) is 35.9 Å². The number of alkyl halides is 3. The van der Waals surface area contributed by atoms with Gasteiger partial charge in [-0.2, -0.15) is 5.06 Å². The molecule has 1 aromatic carbocycles. The van der Waals surface area contributed by atoms with Crippen LogP contribution in [0.25, 0.3) is 0 Å². The van der Waals surface area contributed by atoms with Crippen LogP contribution in [0, 0.1) is 5.41 Å². The first kappa shape index (κ1) is 25.3. The van der Waals surface area contributed by atoms with Crippen LogP contribution in [0.3, 0.4) is 0 Å². The zero-order chi connectivity index (χ0) is 24.6. The minimum absolute atomic E-state index is 0.0242. The molecular weight excluding hydrogens is 441 g/mol. The number of esters is 1. The number of carbonyl (C=O) groups excluding carboxylic acids is 2. The van der Waals surface area contributed by atoms with Gasteiger partial charge in [-0.05, 0) is 40.2 Å². The number of hydroxylamine groups is 2. The molecule has 0 aromatic heterocycles. The predicted molar refractivity (Wildman–Crippen MR) is 113 cm³/mol. The molecule has 3 rings (SSSR count). The van der Waals surface area contributed by atoms with E-state index in [4.69, 9.17) is 14.3 Å². The highest BCUT2D eigenvalue weighted by Crippen LogP contribution is 2.41. The molecule has 10 heteroatoms. The molecule has 0 radical (unpaired) electrons. The summed E-state index contributed by atoms with van der Waals surface area (Å²) in [6.07, 6.45) is -2.73. The summed E-state index contributed by atoms with van der Waals surface area (Å²) in [5, 5.41) is 0.853. The van der Waals surface area contributed by atoms with E-state index in [1.165, 1.54) is 13.8 Å². The Morgan fingerprint density at radius 1 is 1.18 bits per heavy atom. The molecule has 2 unspecified atom stereocenters. The average molecular weight is 473 g/mol. The minimum Gasteiger partial charge on any atom is -0.460 e. The van der Waals surface area contributed by atoms with E-state index in [9.17, 15) is 18.4 Å². The van der Waals surface area contributed by atoms with E-state index in [2.05, 4.69) is 0 Å². The van der Waals surface area contributed by atoms with Crippen LogP contribution in [0.4, 0.5) is 18.0 Å². The summed E-state index contributed by atoms with van der Waals surface area (Å²) in [6, 6.07) is 6.40. The van der Waals surface area contributed by atoms with Gasteiger partial charge in [0.25, 0.3) is 5.92 Å². The zero-order valence-electron chi connectivity index (χ0n) is 19.5. The average Bonchev–Trinajstić information content (AvgIpc) is 3.25. The number of ether oxygens (including phenoxy) is 2. The monoisotopic (exact) mass is 472 g/mol. The first-order chi connectivity index (χ1) is 15.2. The lowest BCUT2D eigenvalue weighted by Crippen LogP contribution is -2.50. The molecule has 0 aliphatic carbocycles. The summed E-state index contributed by atoms with van der Waals surface area (Å²) in [5.74, 6) is -4.13. The number of carbonyl (C=O) groups is 2. The standard InChI is InChI=1S/C23H31F3N2O5/c1-21(2,3)33-20(30)27-14-23(25,26)18-16(27)13-32-28(18)11-17(24)22(4,5)19(29)31-12-15-9-7-6-8-10-15/h6-10,16-18H,11-14H2,1-5H3/t16?,17-,18?/m1/s1. The third-order valence-corrected chi connectivity index (χ3v) is 5.79. The molecule has 7 nitrogen and oxygen atoms in total. The van der Waals surface area contributed by atoms with Gasteiger partial charge in [0, 0.05) is 0 Å². The number of likely N-dealkylation sites (tertiary alicyclic amines) is 1. The Hall–Kier alpha value is -2.33. The number of fused-ring (bicyclic) bond motifs is 1. The molecular formula is C23H31F3N2O5. The van der Waals surface area contributed by atoms with Crippen molar-refractivity contribution in [1.82, 2.24) is 9.96 Å². The van der Waals surface area contributed by atoms with Crippen LogP contribution in [0.15, 0.2) is 30.3 Å². The molecule has 1 aromatic rings. The highest BCUT2D eigenvalue weighted by Gasteiger charge is 2.63. The second-order valence-electron chi connectivity index (χ2n) is 10.0. The van der Waals surface area contributed by atoms with Crippen LogP contribution in [0.1, 0.15) is 40.2 Å². The predicted octanol–water partition coefficient (Wildman–Crippen LogP) is 3.96. The number of hydrogen-bond donors (Lipinski definition) is 0. The van der Waals surface area contributed by atoms with Gasteiger partial charge in [-0.1, -0.05) is 30.3 Å². The van der Waals surface area contributed by atoms with Gasteiger partial charge in [-0.3, -0.25) is 14.5 Å². The lowest BCUT2D eigenvalue weighted by Gasteiger charge is -2.32. The third kappa shape index (κ3) is 5.60. The third-order valence-electron chi connectivity index (χ3n) is 5.79. The Morgan fingerprint density at radius 3 is 2.42 bits per heavy atom. The summed E-state index contributed by atoms with van der Waals surface area (Å²) in [4.78, 5) is 31.2. The Kier molecular flexibility index (Phi) is 7.00. The molecule has 0 spiro atoms. The van der Waals surface area contributed by atoms with Crippen molar-refractivity contribution in [3.8, 4) is 0 Å². The van der Waals surface area contributed by atoms with E-state index < -0.39 is 60.3 Å². The number of halogens is 3. The van der Waals surface area contributed by atoms with Gasteiger partial charge >= 0.3 is 12.1 Å². The van der Waals surface area contributed by atoms with Crippen molar-refractivity contribution in [3.63, 3.8) is 0 Å². The number of amides is 1. The smallest absolute Gasteiger partial charge is 0.410 e. The Morgan fingerprint density at radius 2 is 1.82 bits per heavy atom. The quantitative estimate of drug-likeness (QED) is 0.584. The topological polar surface area (TPSA) is 68.3 Å². The Balaban J connectivity index is 1.64. The number of benzene rings is 1. The van der Waals surface area contributed by atoms with Crippen LogP contribution < -0.4 is 0 Å². The summed E-state index contributed by atoms with van der Waals surface area (Å²) >= 11 is 0. The van der Waals surface area contributed by atoms with Gasteiger partial charge in [0.2, 0.25) is 0 Å². The summed E-state index contributed by atoms with van der Waals surface area (Å²) < 4.78 is 55.3. The highest BCUT2D eigenvalue weighted by atomic mass is 19.3. The Labute approximate surface area is 191 Å². The van der Waals surface area contributed by atoms with Crippen molar-refractivity contribution >= 4 is 12.1 Å². The van der Waals surface area contributed by atoms with Crippen LogP contribution in [-0.4, -0.2) is 71.5 Å². The molecule has 2 fully saturated rings. The molecule has 33 heavy (non-hydrogen) atoms. The maximum Gasteiger partial charge on any atom is 0.410 e. The summed E-state index contributed by atoms with van der Waals surface area (Å²) in [5.41, 5.74) is -1.71.